The molecule has 1 heterocycles. The van der Waals surface area contributed by atoms with E-state index in [-0.39, 0.29) is 17.6 Å². The van der Waals surface area contributed by atoms with E-state index in [9.17, 15) is 19.2 Å². The molecule has 3 atom stereocenters. The Labute approximate surface area is 269 Å². The van der Waals surface area contributed by atoms with Gasteiger partial charge in [-0.3, -0.25) is 19.2 Å². The van der Waals surface area contributed by atoms with E-state index in [1.54, 1.807) is 11.8 Å². The van der Waals surface area contributed by atoms with E-state index in [1.165, 1.54) is 4.90 Å². The van der Waals surface area contributed by atoms with Crippen LogP contribution < -0.4 is 16.4 Å². The molecule has 0 aliphatic carbocycles. The molecule has 1 aliphatic rings. The molecule has 0 bridgehead atoms. The molecular formula is C35H42N4O5S. The van der Waals surface area contributed by atoms with Crippen molar-refractivity contribution in [2.75, 3.05) is 18.8 Å². The minimum absolute atomic E-state index is 0.0664. The smallest absolute Gasteiger partial charge is 0.322 e. The molecule has 3 aromatic carbocycles. The van der Waals surface area contributed by atoms with Gasteiger partial charge in [-0.2, -0.15) is 0 Å². The average Bonchev–Trinajstić information content (AvgIpc) is 3.55. The lowest BCUT2D eigenvalue weighted by Gasteiger charge is -2.36. The zero-order valence-electron chi connectivity index (χ0n) is 25.7. The molecule has 0 spiro atoms. The summed E-state index contributed by atoms with van der Waals surface area (Å²) in [6.45, 7) is 3.66. The van der Waals surface area contributed by atoms with Gasteiger partial charge >= 0.3 is 5.97 Å². The molecule has 10 heteroatoms. The predicted molar refractivity (Wildman–Crippen MR) is 176 cm³/mol. The van der Waals surface area contributed by atoms with Crippen LogP contribution >= 0.6 is 11.8 Å². The Hall–Kier alpha value is -4.15. The number of carbonyl (C=O) groups is 4. The third-order valence-electron chi connectivity index (χ3n) is 7.93. The van der Waals surface area contributed by atoms with Crippen LogP contribution in [0, 0.1) is 5.92 Å². The summed E-state index contributed by atoms with van der Waals surface area (Å²) in [6, 6.07) is 27.9. The first-order valence-corrected chi connectivity index (χ1v) is 16.3. The van der Waals surface area contributed by atoms with E-state index in [2.05, 4.69) is 47.0 Å². The number of hydrogen-bond donors (Lipinski definition) is 4. The van der Waals surface area contributed by atoms with Crippen LogP contribution in [0.3, 0.4) is 0 Å². The van der Waals surface area contributed by atoms with Crippen molar-refractivity contribution < 1.29 is 24.3 Å². The second-order valence-electron chi connectivity index (χ2n) is 11.7. The molecule has 5 N–H and O–H groups in total. The van der Waals surface area contributed by atoms with Crippen molar-refractivity contribution in [3.05, 3.63) is 108 Å². The number of carboxylic acids is 1. The van der Waals surface area contributed by atoms with Gasteiger partial charge in [0.15, 0.2) is 0 Å². The summed E-state index contributed by atoms with van der Waals surface area (Å²) in [5.41, 5.74) is 9.80. The van der Waals surface area contributed by atoms with Gasteiger partial charge in [0, 0.05) is 12.3 Å². The average molecular weight is 631 g/mol. The zero-order valence-corrected chi connectivity index (χ0v) is 26.5. The highest BCUT2D eigenvalue weighted by Gasteiger charge is 2.41. The van der Waals surface area contributed by atoms with Crippen LogP contribution in [0.1, 0.15) is 49.8 Å². The first-order valence-electron chi connectivity index (χ1n) is 15.3. The second kappa shape index (κ2) is 15.7. The number of hydrogen-bond acceptors (Lipinski definition) is 6. The van der Waals surface area contributed by atoms with Gasteiger partial charge in [0.1, 0.15) is 18.6 Å². The fourth-order valence-corrected chi connectivity index (χ4v) is 7.31. The molecule has 0 radical (unpaired) electrons. The van der Waals surface area contributed by atoms with E-state index in [4.69, 9.17) is 10.8 Å². The summed E-state index contributed by atoms with van der Waals surface area (Å²) >= 11 is 1.59. The molecule has 0 aromatic heterocycles. The molecule has 45 heavy (non-hydrogen) atoms. The largest absolute Gasteiger partial charge is 0.480 e. The third-order valence-corrected chi connectivity index (χ3v) is 9.60. The maximum Gasteiger partial charge on any atom is 0.322 e. The summed E-state index contributed by atoms with van der Waals surface area (Å²) in [5, 5.41) is 14.1. The summed E-state index contributed by atoms with van der Waals surface area (Å²) in [4.78, 5) is 52.4. The molecule has 1 fully saturated rings. The van der Waals surface area contributed by atoms with Gasteiger partial charge in [0.2, 0.25) is 17.7 Å². The van der Waals surface area contributed by atoms with E-state index >= 15 is 0 Å². The normalized spacial score (nSPS) is 16.2. The van der Waals surface area contributed by atoms with Gasteiger partial charge in [-0.1, -0.05) is 105 Å². The maximum absolute atomic E-state index is 13.8. The standard InChI is InChI=1S/C35H42N4O5S/c1-24(2)21-29(32(42)37-22-31(40)41)38-33(43)30-19-12-20-39(30)34(44)28(36)23-45-35(25-13-6-3-7-14-25,26-15-8-4-9-16-26)27-17-10-5-11-18-27/h3-11,13-18,24,28-30H,12,19-23,36H2,1-2H3,(H,37,42)(H,38,43)(H,40,41)/t28-,29-,30-/m0/s1. The summed E-state index contributed by atoms with van der Waals surface area (Å²) < 4.78 is -0.642. The number of carboxylic acid groups (broad SMARTS) is 1. The van der Waals surface area contributed by atoms with E-state index in [1.807, 2.05) is 68.4 Å². The number of aliphatic carboxylic acids is 1. The molecule has 3 aromatic rings. The number of thioether (sulfide) groups is 1. The topological polar surface area (TPSA) is 142 Å². The lowest BCUT2D eigenvalue weighted by atomic mass is 9.84. The van der Waals surface area contributed by atoms with Crippen molar-refractivity contribution >= 4 is 35.5 Å². The highest BCUT2D eigenvalue weighted by Crippen LogP contribution is 2.48. The number of carbonyl (C=O) groups excluding carboxylic acids is 3. The van der Waals surface area contributed by atoms with Crippen LogP contribution in [0.5, 0.6) is 0 Å². The second-order valence-corrected chi connectivity index (χ2v) is 12.9. The van der Waals surface area contributed by atoms with Crippen LogP contribution in [0.4, 0.5) is 0 Å². The monoisotopic (exact) mass is 630 g/mol. The highest BCUT2D eigenvalue weighted by molar-refractivity contribution is 8.00. The van der Waals surface area contributed by atoms with Gasteiger partial charge in [0.25, 0.3) is 0 Å². The fourth-order valence-electron chi connectivity index (χ4n) is 5.83. The summed E-state index contributed by atoms with van der Waals surface area (Å²) in [6.07, 6.45) is 1.41. The zero-order chi connectivity index (χ0) is 32.4. The Kier molecular flexibility index (Phi) is 11.8. The number of likely N-dealkylation sites (tertiary alicyclic amines) is 1. The van der Waals surface area contributed by atoms with Gasteiger partial charge in [0.05, 0.1) is 10.8 Å². The molecule has 3 amide bonds. The van der Waals surface area contributed by atoms with E-state index in [0.717, 1.165) is 16.7 Å². The number of benzene rings is 3. The Bertz CT molecular complexity index is 1340. The molecule has 4 rings (SSSR count). The Morgan fingerprint density at radius 3 is 1.89 bits per heavy atom. The minimum atomic E-state index is -1.17. The molecule has 9 nitrogen and oxygen atoms in total. The predicted octanol–water partition coefficient (Wildman–Crippen LogP) is 3.76. The molecule has 1 saturated heterocycles. The molecule has 0 unspecified atom stereocenters. The van der Waals surface area contributed by atoms with E-state index in [0.29, 0.717) is 25.8 Å². The molecular weight excluding hydrogens is 588 g/mol. The van der Waals surface area contributed by atoms with Crippen molar-refractivity contribution in [3.63, 3.8) is 0 Å². The van der Waals surface area contributed by atoms with Crippen molar-refractivity contribution in [2.24, 2.45) is 11.7 Å². The van der Waals surface area contributed by atoms with Crippen LogP contribution in [-0.2, 0) is 23.9 Å². The van der Waals surface area contributed by atoms with Crippen LogP contribution in [-0.4, -0.2) is 70.7 Å². The minimum Gasteiger partial charge on any atom is -0.480 e. The van der Waals surface area contributed by atoms with Crippen molar-refractivity contribution in [2.45, 2.75) is 56.0 Å². The quantitative estimate of drug-likeness (QED) is 0.199. The molecule has 0 saturated carbocycles. The Morgan fingerprint density at radius 2 is 1.42 bits per heavy atom. The number of amides is 3. The highest BCUT2D eigenvalue weighted by atomic mass is 32.2. The lowest BCUT2D eigenvalue weighted by molar-refractivity contribution is -0.141. The number of nitrogens with zero attached hydrogens (tertiary/aromatic N) is 1. The van der Waals surface area contributed by atoms with Crippen LogP contribution in [0.2, 0.25) is 0 Å². The van der Waals surface area contributed by atoms with Crippen LogP contribution in [0.15, 0.2) is 91.0 Å². The van der Waals surface area contributed by atoms with E-state index < -0.39 is 47.2 Å². The third kappa shape index (κ3) is 8.32. The molecule has 1 aliphatic heterocycles. The van der Waals surface area contributed by atoms with Gasteiger partial charge in [-0.15, -0.1) is 11.8 Å². The first-order chi connectivity index (χ1) is 21.6. The summed E-state index contributed by atoms with van der Waals surface area (Å²) in [5.74, 6) is -2.15. The van der Waals surface area contributed by atoms with Crippen molar-refractivity contribution in [1.29, 1.82) is 0 Å². The Balaban J connectivity index is 1.54. The Morgan fingerprint density at radius 1 is 0.911 bits per heavy atom. The van der Waals surface area contributed by atoms with Gasteiger partial charge in [-0.05, 0) is 41.9 Å². The number of nitrogens with one attached hydrogen (secondary N) is 2. The SMILES string of the molecule is CC(C)C[C@H](NC(=O)[C@@H]1CCCN1C(=O)[C@@H](N)CSC(c1ccccc1)(c1ccccc1)c1ccccc1)C(=O)NCC(=O)O. The maximum atomic E-state index is 13.8. The lowest BCUT2D eigenvalue weighted by Crippen LogP contribution is -2.56. The number of nitrogens with two attached hydrogens (primary N) is 1. The summed E-state index contributed by atoms with van der Waals surface area (Å²) in [7, 11) is 0. The van der Waals surface area contributed by atoms with Crippen LogP contribution in [0.25, 0.3) is 0 Å². The molecule has 238 valence electrons. The number of rotatable bonds is 14. The first kappa shape index (κ1) is 33.7. The van der Waals surface area contributed by atoms with Gasteiger partial charge in [-0.25, -0.2) is 0 Å². The fraction of sp³-hybridized carbons (Fsp3) is 0.371. The van der Waals surface area contributed by atoms with Crippen molar-refractivity contribution in [3.8, 4) is 0 Å². The van der Waals surface area contributed by atoms with Crippen molar-refractivity contribution in [1.82, 2.24) is 15.5 Å². The van der Waals surface area contributed by atoms with Gasteiger partial charge < -0.3 is 26.4 Å².